The van der Waals surface area contributed by atoms with Gasteiger partial charge in [-0.25, -0.2) is 9.18 Å². The standard InChI is InChI=1S/C13H11FO3S/c14-11-5-1-4-10(13(15)16)12(11)17-7-6-9-3-2-8-18-9/h1-5,8H,6-7H2,(H,15,16). The highest BCUT2D eigenvalue weighted by atomic mass is 32.1. The third-order valence-corrected chi connectivity index (χ3v) is 3.31. The van der Waals surface area contributed by atoms with Crippen LogP contribution in [-0.2, 0) is 6.42 Å². The van der Waals surface area contributed by atoms with Crippen LogP contribution in [0.15, 0.2) is 35.7 Å². The van der Waals surface area contributed by atoms with Crippen molar-refractivity contribution in [2.75, 3.05) is 6.61 Å². The monoisotopic (exact) mass is 266 g/mol. The summed E-state index contributed by atoms with van der Waals surface area (Å²) in [5.74, 6) is -2.04. The molecule has 1 heterocycles. The molecule has 0 unspecified atom stereocenters. The van der Waals surface area contributed by atoms with E-state index in [1.165, 1.54) is 18.2 Å². The summed E-state index contributed by atoms with van der Waals surface area (Å²) in [6.45, 7) is 0.252. The molecule has 5 heteroatoms. The van der Waals surface area contributed by atoms with E-state index in [1.54, 1.807) is 11.3 Å². The molecule has 0 aliphatic carbocycles. The molecule has 0 saturated heterocycles. The molecule has 0 aliphatic heterocycles. The number of rotatable bonds is 5. The van der Waals surface area contributed by atoms with Gasteiger partial charge in [0.15, 0.2) is 11.6 Å². The zero-order valence-corrected chi connectivity index (χ0v) is 10.2. The predicted octanol–water partition coefficient (Wildman–Crippen LogP) is 3.21. The van der Waals surface area contributed by atoms with Crippen LogP contribution in [-0.4, -0.2) is 17.7 Å². The van der Waals surface area contributed by atoms with Crippen LogP contribution in [0.4, 0.5) is 4.39 Å². The summed E-state index contributed by atoms with van der Waals surface area (Å²) in [7, 11) is 0. The summed E-state index contributed by atoms with van der Waals surface area (Å²) in [6.07, 6.45) is 0.630. The van der Waals surface area contributed by atoms with Gasteiger partial charge < -0.3 is 9.84 Å². The van der Waals surface area contributed by atoms with Crippen molar-refractivity contribution >= 4 is 17.3 Å². The van der Waals surface area contributed by atoms with Crippen molar-refractivity contribution in [3.05, 3.63) is 52.0 Å². The second kappa shape index (κ2) is 5.64. The molecule has 0 aliphatic rings. The molecule has 0 bridgehead atoms. The maximum Gasteiger partial charge on any atom is 0.339 e. The average molecular weight is 266 g/mol. The number of para-hydroxylation sites is 1. The Balaban J connectivity index is 2.06. The summed E-state index contributed by atoms with van der Waals surface area (Å²) >= 11 is 1.58. The summed E-state index contributed by atoms with van der Waals surface area (Å²) in [4.78, 5) is 12.0. The lowest BCUT2D eigenvalue weighted by Crippen LogP contribution is -2.07. The lowest BCUT2D eigenvalue weighted by atomic mass is 10.2. The zero-order valence-electron chi connectivity index (χ0n) is 9.43. The molecule has 0 fully saturated rings. The third kappa shape index (κ3) is 2.87. The van der Waals surface area contributed by atoms with Gasteiger partial charge in [0.05, 0.1) is 6.61 Å². The van der Waals surface area contributed by atoms with Gasteiger partial charge in [0, 0.05) is 11.3 Å². The van der Waals surface area contributed by atoms with Gasteiger partial charge in [-0.2, -0.15) is 0 Å². The Morgan fingerprint density at radius 3 is 2.83 bits per heavy atom. The molecule has 1 aromatic heterocycles. The highest BCUT2D eigenvalue weighted by Crippen LogP contribution is 2.23. The number of carbonyl (C=O) groups is 1. The molecule has 2 aromatic rings. The fraction of sp³-hybridized carbons (Fsp3) is 0.154. The van der Waals surface area contributed by atoms with Gasteiger partial charge in [-0.3, -0.25) is 0 Å². The lowest BCUT2D eigenvalue weighted by molar-refractivity contribution is 0.0691. The van der Waals surface area contributed by atoms with E-state index in [0.29, 0.717) is 6.42 Å². The first kappa shape index (κ1) is 12.6. The fourth-order valence-corrected chi connectivity index (χ4v) is 2.22. The maximum absolute atomic E-state index is 13.5. The van der Waals surface area contributed by atoms with Crippen LogP contribution >= 0.6 is 11.3 Å². The molecular weight excluding hydrogens is 255 g/mol. The second-order valence-electron chi connectivity index (χ2n) is 3.60. The fourth-order valence-electron chi connectivity index (χ4n) is 1.53. The molecule has 0 radical (unpaired) electrons. The number of aromatic carboxylic acids is 1. The number of ether oxygens (including phenoxy) is 1. The number of carboxylic acids is 1. The second-order valence-corrected chi connectivity index (χ2v) is 4.63. The molecular formula is C13H11FO3S. The summed E-state index contributed by atoms with van der Waals surface area (Å²) in [5.41, 5.74) is -0.152. The first-order valence-corrected chi connectivity index (χ1v) is 6.23. The quantitative estimate of drug-likeness (QED) is 0.904. The normalized spacial score (nSPS) is 10.3. The third-order valence-electron chi connectivity index (χ3n) is 2.37. The molecule has 0 atom stereocenters. The molecule has 0 spiro atoms. The van der Waals surface area contributed by atoms with Crippen molar-refractivity contribution in [2.24, 2.45) is 0 Å². The predicted molar refractivity (Wildman–Crippen MR) is 66.9 cm³/mol. The van der Waals surface area contributed by atoms with E-state index in [9.17, 15) is 9.18 Å². The van der Waals surface area contributed by atoms with E-state index in [1.807, 2.05) is 17.5 Å². The van der Waals surface area contributed by atoms with Gasteiger partial charge >= 0.3 is 5.97 Å². The van der Waals surface area contributed by atoms with Crippen molar-refractivity contribution < 1.29 is 19.0 Å². The zero-order chi connectivity index (χ0) is 13.0. The van der Waals surface area contributed by atoms with Crippen molar-refractivity contribution in [3.8, 4) is 5.75 Å². The van der Waals surface area contributed by atoms with Crippen LogP contribution in [0, 0.1) is 5.82 Å². The number of carboxylic acid groups (broad SMARTS) is 1. The minimum Gasteiger partial charge on any atom is -0.489 e. The summed E-state index contributed by atoms with van der Waals surface area (Å²) in [5, 5.41) is 10.9. The van der Waals surface area contributed by atoms with Gasteiger partial charge in [-0.05, 0) is 23.6 Å². The Bertz CT molecular complexity index is 537. The highest BCUT2D eigenvalue weighted by molar-refractivity contribution is 7.09. The lowest BCUT2D eigenvalue weighted by Gasteiger charge is -2.09. The van der Waals surface area contributed by atoms with Crippen LogP contribution in [0.3, 0.4) is 0 Å². The number of hydrogen-bond acceptors (Lipinski definition) is 3. The molecule has 18 heavy (non-hydrogen) atoms. The van der Waals surface area contributed by atoms with E-state index in [4.69, 9.17) is 9.84 Å². The maximum atomic E-state index is 13.5. The van der Waals surface area contributed by atoms with Gasteiger partial charge in [0.2, 0.25) is 0 Å². The Kier molecular flexibility index (Phi) is 3.94. The minimum atomic E-state index is -1.19. The molecule has 1 N–H and O–H groups in total. The van der Waals surface area contributed by atoms with E-state index >= 15 is 0 Å². The smallest absolute Gasteiger partial charge is 0.339 e. The van der Waals surface area contributed by atoms with E-state index in [-0.39, 0.29) is 17.9 Å². The van der Waals surface area contributed by atoms with E-state index < -0.39 is 11.8 Å². The number of halogens is 1. The molecule has 0 saturated carbocycles. The van der Waals surface area contributed by atoms with Crippen LogP contribution in [0.5, 0.6) is 5.75 Å². The molecule has 94 valence electrons. The number of hydrogen-bond donors (Lipinski definition) is 1. The first-order chi connectivity index (χ1) is 8.68. The SMILES string of the molecule is O=C(O)c1cccc(F)c1OCCc1cccs1. The molecule has 2 rings (SSSR count). The van der Waals surface area contributed by atoms with Crippen molar-refractivity contribution in [1.82, 2.24) is 0 Å². The van der Waals surface area contributed by atoms with Gasteiger partial charge in [0.25, 0.3) is 0 Å². The number of benzene rings is 1. The van der Waals surface area contributed by atoms with E-state index in [0.717, 1.165) is 4.88 Å². The summed E-state index contributed by atoms with van der Waals surface area (Å²) in [6, 6.07) is 7.74. The first-order valence-electron chi connectivity index (χ1n) is 5.35. The Morgan fingerprint density at radius 1 is 1.33 bits per heavy atom. The van der Waals surface area contributed by atoms with Gasteiger partial charge in [-0.1, -0.05) is 12.1 Å². The van der Waals surface area contributed by atoms with Crippen LogP contribution in [0.25, 0.3) is 0 Å². The molecule has 0 amide bonds. The largest absolute Gasteiger partial charge is 0.489 e. The minimum absolute atomic E-state index is 0.152. The summed E-state index contributed by atoms with van der Waals surface area (Å²) < 4.78 is 18.7. The molecule has 1 aromatic carbocycles. The van der Waals surface area contributed by atoms with Crippen LogP contribution in [0.2, 0.25) is 0 Å². The Morgan fingerprint density at radius 2 is 2.17 bits per heavy atom. The van der Waals surface area contributed by atoms with Gasteiger partial charge in [0.1, 0.15) is 5.56 Å². The van der Waals surface area contributed by atoms with Gasteiger partial charge in [-0.15, -0.1) is 11.3 Å². The van der Waals surface area contributed by atoms with Crippen molar-refractivity contribution in [3.63, 3.8) is 0 Å². The van der Waals surface area contributed by atoms with Crippen LogP contribution < -0.4 is 4.74 Å². The van der Waals surface area contributed by atoms with Crippen molar-refractivity contribution in [2.45, 2.75) is 6.42 Å². The molecule has 3 nitrogen and oxygen atoms in total. The topological polar surface area (TPSA) is 46.5 Å². The van der Waals surface area contributed by atoms with Crippen molar-refractivity contribution in [1.29, 1.82) is 0 Å². The van der Waals surface area contributed by atoms with Crippen LogP contribution in [0.1, 0.15) is 15.2 Å². The average Bonchev–Trinajstić information content (AvgIpc) is 2.84. The van der Waals surface area contributed by atoms with E-state index in [2.05, 4.69) is 0 Å². The Labute approximate surface area is 107 Å². The Hall–Kier alpha value is -1.88. The highest BCUT2D eigenvalue weighted by Gasteiger charge is 2.15. The number of thiophene rings is 1.